The first-order chi connectivity index (χ1) is 34.1. The molecule has 0 amide bonds. The fraction of sp³-hybridized carbons (Fsp3) is 0.649. The molecule has 4 aromatic rings. The second kappa shape index (κ2) is 17.8. The number of nitrogens with one attached hydrogen (secondary N) is 1. The summed E-state index contributed by atoms with van der Waals surface area (Å²) in [4.78, 5) is 32.5. The van der Waals surface area contributed by atoms with Crippen LogP contribution in [0.15, 0.2) is 30.5 Å². The number of anilines is 1. The molecule has 4 saturated carbocycles. The SMILES string of the molecule is C#Cc1c(F)ccc2cc(OC(=O)CC[C@@H](C)[C@H]3CC[C@H]4[C@@H]5[C@@H](O)C[C@@H]6C[C@H](O)CC[C@]6(C)[C@H]5CC[C@]34C)cc(-c3ncc4c(N5CC6CCC(C5)N6)nc(OC[C@@]56CCCN5C[C@H](F)C6)nc4c3F)c12. The zero-order chi connectivity index (χ0) is 49.1. The number of halogens is 3. The van der Waals surface area contributed by atoms with Crippen LogP contribution in [-0.4, -0.2) is 105 Å². The predicted molar refractivity (Wildman–Crippen MR) is 265 cm³/mol. The maximum absolute atomic E-state index is 17.7. The summed E-state index contributed by atoms with van der Waals surface area (Å²) < 4.78 is 60.5. The highest BCUT2D eigenvalue weighted by molar-refractivity contribution is 6.03. The summed E-state index contributed by atoms with van der Waals surface area (Å²) in [6, 6.07) is 6.46. The number of nitrogens with zero attached hydrogens (tertiary/aromatic N) is 5. The summed E-state index contributed by atoms with van der Waals surface area (Å²) in [6.45, 7) is 9.78. The minimum atomic E-state index is -0.946. The Morgan fingerprint density at radius 3 is 2.58 bits per heavy atom. The summed E-state index contributed by atoms with van der Waals surface area (Å²) in [7, 11) is 0. The normalized spacial score (nSPS) is 36.8. The molecule has 378 valence electrons. The van der Waals surface area contributed by atoms with Crippen LogP contribution in [0.5, 0.6) is 11.8 Å². The number of aliphatic hydroxyl groups excluding tert-OH is 2. The molecule has 4 aliphatic carbocycles. The van der Waals surface area contributed by atoms with Gasteiger partial charge in [0.05, 0.1) is 28.7 Å². The summed E-state index contributed by atoms with van der Waals surface area (Å²) in [5.74, 6) is 3.43. The molecule has 11 nitrogen and oxygen atoms in total. The molecule has 12 rings (SSSR count). The van der Waals surface area contributed by atoms with Crippen molar-refractivity contribution in [3.63, 3.8) is 0 Å². The highest BCUT2D eigenvalue weighted by Gasteiger charge is 2.63. The largest absolute Gasteiger partial charge is 0.461 e. The van der Waals surface area contributed by atoms with Gasteiger partial charge in [-0.25, -0.2) is 13.2 Å². The number of hydrogen-bond donors (Lipinski definition) is 3. The van der Waals surface area contributed by atoms with E-state index in [0.29, 0.717) is 72.7 Å². The van der Waals surface area contributed by atoms with E-state index in [4.69, 9.17) is 30.8 Å². The third kappa shape index (κ3) is 7.92. The molecule has 0 spiro atoms. The van der Waals surface area contributed by atoms with Crippen molar-refractivity contribution in [2.75, 3.05) is 37.7 Å². The quantitative estimate of drug-likeness (QED) is 0.0798. The maximum atomic E-state index is 17.7. The van der Waals surface area contributed by atoms with E-state index in [0.717, 1.165) is 83.6 Å². The molecule has 8 fully saturated rings. The van der Waals surface area contributed by atoms with Gasteiger partial charge in [-0.15, -0.1) is 6.42 Å². The van der Waals surface area contributed by atoms with E-state index >= 15 is 8.78 Å². The Labute approximate surface area is 415 Å². The molecule has 6 heterocycles. The fourth-order valence-corrected chi connectivity index (χ4v) is 16.8. The third-order valence-electron chi connectivity index (χ3n) is 20.3. The van der Waals surface area contributed by atoms with E-state index in [1.54, 1.807) is 18.3 Å². The number of esters is 1. The Bertz CT molecular complexity index is 2800. The van der Waals surface area contributed by atoms with E-state index in [1.165, 1.54) is 12.1 Å². The third-order valence-corrected chi connectivity index (χ3v) is 20.3. The first-order valence-electron chi connectivity index (χ1n) is 26.8. The summed E-state index contributed by atoms with van der Waals surface area (Å²) in [6.07, 6.45) is 18.7. The Balaban J connectivity index is 0.820. The Morgan fingerprint density at radius 1 is 0.986 bits per heavy atom. The van der Waals surface area contributed by atoms with Gasteiger partial charge >= 0.3 is 12.0 Å². The first kappa shape index (κ1) is 47.5. The van der Waals surface area contributed by atoms with Gasteiger partial charge in [0.25, 0.3) is 0 Å². The molecule has 2 unspecified atom stereocenters. The van der Waals surface area contributed by atoms with Crippen molar-refractivity contribution in [2.24, 2.45) is 46.3 Å². The molecular formula is C57H69F3N6O5. The number of rotatable bonds is 10. The minimum Gasteiger partial charge on any atom is -0.461 e. The molecule has 8 aliphatic rings. The number of piperazine rings is 1. The average Bonchev–Trinajstić information content (AvgIpc) is 4.10. The number of carbonyl (C=O) groups is 1. The summed E-state index contributed by atoms with van der Waals surface area (Å²) in [5.41, 5.74) is -0.335. The first-order valence-corrected chi connectivity index (χ1v) is 26.8. The zero-order valence-corrected chi connectivity index (χ0v) is 41.4. The van der Waals surface area contributed by atoms with E-state index in [1.807, 2.05) is 0 Å². The van der Waals surface area contributed by atoms with Gasteiger partial charge in [0.1, 0.15) is 41.4 Å². The van der Waals surface area contributed by atoms with Crippen molar-refractivity contribution in [3.05, 3.63) is 47.7 Å². The van der Waals surface area contributed by atoms with Crippen LogP contribution in [0.1, 0.15) is 123 Å². The van der Waals surface area contributed by atoms with Gasteiger partial charge in [-0.1, -0.05) is 32.8 Å². The van der Waals surface area contributed by atoms with Crippen molar-refractivity contribution in [1.82, 2.24) is 25.2 Å². The molecule has 14 atom stereocenters. The second-order valence-electron chi connectivity index (χ2n) is 24.0. The van der Waals surface area contributed by atoms with Crippen molar-refractivity contribution in [3.8, 4) is 35.4 Å². The van der Waals surface area contributed by atoms with Gasteiger partial charge in [0.15, 0.2) is 5.82 Å². The topological polar surface area (TPSA) is 133 Å². The van der Waals surface area contributed by atoms with Crippen LogP contribution in [0.4, 0.5) is 19.0 Å². The molecule has 0 radical (unpaired) electrons. The van der Waals surface area contributed by atoms with E-state index < -0.39 is 29.3 Å². The molecule has 4 saturated heterocycles. The van der Waals surface area contributed by atoms with E-state index in [2.05, 4.69) is 41.8 Å². The number of pyridine rings is 1. The smallest absolute Gasteiger partial charge is 0.319 e. The van der Waals surface area contributed by atoms with Crippen molar-refractivity contribution >= 4 is 33.5 Å². The highest BCUT2D eigenvalue weighted by atomic mass is 19.1. The monoisotopic (exact) mass is 975 g/mol. The maximum Gasteiger partial charge on any atom is 0.319 e. The lowest BCUT2D eigenvalue weighted by Crippen LogP contribution is -2.58. The van der Waals surface area contributed by atoms with Gasteiger partial charge in [0.2, 0.25) is 0 Å². The fourth-order valence-electron chi connectivity index (χ4n) is 16.8. The lowest BCUT2D eigenvalue weighted by molar-refractivity contribution is -0.174. The van der Waals surface area contributed by atoms with Gasteiger partial charge in [-0.05, 0) is 160 Å². The van der Waals surface area contributed by atoms with Crippen LogP contribution in [0, 0.1) is 70.3 Å². The molecule has 2 bridgehead atoms. The van der Waals surface area contributed by atoms with Gasteiger partial charge < -0.3 is 29.9 Å². The minimum absolute atomic E-state index is 0.00933. The van der Waals surface area contributed by atoms with Gasteiger partial charge in [-0.3, -0.25) is 14.7 Å². The molecular weight excluding hydrogens is 906 g/mol. The number of alkyl halides is 1. The van der Waals surface area contributed by atoms with E-state index in [9.17, 15) is 19.4 Å². The highest BCUT2D eigenvalue weighted by Crippen LogP contribution is 2.68. The average molecular weight is 975 g/mol. The van der Waals surface area contributed by atoms with Crippen LogP contribution >= 0.6 is 0 Å². The number of benzene rings is 2. The Morgan fingerprint density at radius 2 is 1.77 bits per heavy atom. The standard InChI is InChI=1S/C57H69F3N6O5/c1-5-39-45(59)13-8-32-21-38(71-47(69)14-7-31(2)42-11-12-43-49-44(16-19-56(42,43)4)55(3)18-15-37(67)22-33(55)23-46(49)68)24-40(48(32)39)51-50(60)52-41(26-61-51)53(65-28-35-9-10-36(29-65)62-35)64-54(63-52)70-30-57-17-6-20-66(57)27-34(58)25-57/h1,8,13,21,24,26,31,33-37,42-44,46,49,62,67-68H,6-7,9-12,14-20,22-23,25,27-30H2,2-4H3/t31-,33+,34-,35?,36?,37-,42-,43+,44+,46+,49+,55+,56-,57+/m1/s1. The number of ether oxygens (including phenoxy) is 2. The predicted octanol–water partition coefficient (Wildman–Crippen LogP) is 9.31. The number of fused-ring (bicyclic) bond motifs is 10. The molecule has 4 aliphatic heterocycles. The van der Waals surface area contributed by atoms with Crippen LogP contribution < -0.4 is 19.7 Å². The molecule has 3 N–H and O–H groups in total. The van der Waals surface area contributed by atoms with Crippen LogP contribution in [0.2, 0.25) is 0 Å². The van der Waals surface area contributed by atoms with Crippen molar-refractivity contribution in [2.45, 2.75) is 153 Å². The Kier molecular flexibility index (Phi) is 11.9. The van der Waals surface area contributed by atoms with Gasteiger partial charge in [-0.2, -0.15) is 9.97 Å². The van der Waals surface area contributed by atoms with Crippen LogP contribution in [0.25, 0.3) is 32.9 Å². The second-order valence-corrected chi connectivity index (χ2v) is 24.0. The van der Waals surface area contributed by atoms with Gasteiger partial charge in [0, 0.05) is 61.7 Å². The molecule has 71 heavy (non-hydrogen) atoms. The van der Waals surface area contributed by atoms with Crippen LogP contribution in [0.3, 0.4) is 0 Å². The number of aliphatic hydroxyl groups is 2. The lowest BCUT2D eigenvalue weighted by atomic mass is 9.43. The lowest BCUT2D eigenvalue weighted by Gasteiger charge is -2.62. The summed E-state index contributed by atoms with van der Waals surface area (Å²) in [5, 5.41) is 27.1. The molecule has 2 aromatic heterocycles. The molecule has 2 aromatic carbocycles. The van der Waals surface area contributed by atoms with Crippen molar-refractivity contribution in [1.29, 1.82) is 0 Å². The summed E-state index contributed by atoms with van der Waals surface area (Å²) >= 11 is 0. The molecule has 14 heteroatoms. The number of carbonyl (C=O) groups excluding carboxylic acids is 1. The van der Waals surface area contributed by atoms with Crippen molar-refractivity contribution < 1.29 is 37.7 Å². The number of hydrogen-bond acceptors (Lipinski definition) is 11. The van der Waals surface area contributed by atoms with Crippen LogP contribution in [-0.2, 0) is 4.79 Å². The Hall–Kier alpha value is -4.55. The number of terminal acetylenes is 1. The van der Waals surface area contributed by atoms with E-state index in [-0.39, 0.29) is 99.5 Å². The number of aromatic nitrogens is 3. The zero-order valence-electron chi connectivity index (χ0n) is 41.4.